The zero-order valence-corrected chi connectivity index (χ0v) is 17.1. The number of hydrogen-bond donors (Lipinski definition) is 0. The van der Waals surface area contributed by atoms with Crippen LogP contribution in [0.15, 0.2) is 72.8 Å². The van der Waals surface area contributed by atoms with Gasteiger partial charge in [0.1, 0.15) is 17.3 Å². The van der Waals surface area contributed by atoms with E-state index in [1.807, 2.05) is 48.5 Å². The number of halogens is 1. The van der Waals surface area contributed by atoms with Crippen LogP contribution in [0.25, 0.3) is 22.4 Å². The highest BCUT2D eigenvalue weighted by Gasteiger charge is 2.13. The summed E-state index contributed by atoms with van der Waals surface area (Å²) in [5.74, 6) is 2.52. The normalized spacial score (nSPS) is 11.0. The standard InChI is InChI=1S/C24H23ClN2O2/c1-28-19-10-8-9-18(17-19)24-26-21-12-3-4-13-22(21)27(24)15-6-7-16-29-23-14-5-2-11-20(23)25/h2-5,8-14,17H,6-7,15-16H2,1H3. The van der Waals surface area contributed by atoms with Gasteiger partial charge in [-0.2, -0.15) is 0 Å². The van der Waals surface area contributed by atoms with Crippen LogP contribution in [0.4, 0.5) is 0 Å². The number of para-hydroxylation sites is 3. The van der Waals surface area contributed by atoms with Crippen LogP contribution in [-0.2, 0) is 6.54 Å². The Hall–Kier alpha value is -2.98. The zero-order chi connectivity index (χ0) is 20.1. The second kappa shape index (κ2) is 9.01. The molecule has 0 radical (unpaired) electrons. The van der Waals surface area contributed by atoms with E-state index in [0.29, 0.717) is 11.6 Å². The summed E-state index contributed by atoms with van der Waals surface area (Å²) in [7, 11) is 1.68. The number of hydrogen-bond acceptors (Lipinski definition) is 3. The van der Waals surface area contributed by atoms with E-state index >= 15 is 0 Å². The number of rotatable bonds is 8. The number of nitrogens with zero attached hydrogens (tertiary/aromatic N) is 2. The number of imidazole rings is 1. The lowest BCUT2D eigenvalue weighted by Crippen LogP contribution is -2.04. The van der Waals surface area contributed by atoms with E-state index in [2.05, 4.69) is 28.8 Å². The van der Waals surface area contributed by atoms with Gasteiger partial charge in [-0.1, -0.05) is 48.0 Å². The first-order valence-corrected chi connectivity index (χ1v) is 10.1. The van der Waals surface area contributed by atoms with E-state index in [9.17, 15) is 0 Å². The quantitative estimate of drug-likeness (QED) is 0.326. The summed E-state index contributed by atoms with van der Waals surface area (Å²) in [6.45, 7) is 1.49. The van der Waals surface area contributed by atoms with E-state index in [-0.39, 0.29) is 0 Å². The fraction of sp³-hybridized carbons (Fsp3) is 0.208. The van der Waals surface area contributed by atoms with Gasteiger partial charge < -0.3 is 14.0 Å². The van der Waals surface area contributed by atoms with E-state index < -0.39 is 0 Å². The molecule has 4 rings (SSSR count). The number of benzene rings is 3. The Morgan fingerprint density at radius 1 is 0.931 bits per heavy atom. The van der Waals surface area contributed by atoms with E-state index in [0.717, 1.165) is 53.3 Å². The third-order valence-corrected chi connectivity index (χ3v) is 5.17. The molecule has 0 aliphatic heterocycles. The molecule has 0 fully saturated rings. The Morgan fingerprint density at radius 2 is 1.76 bits per heavy atom. The van der Waals surface area contributed by atoms with Gasteiger partial charge in [-0.25, -0.2) is 4.98 Å². The highest BCUT2D eigenvalue weighted by molar-refractivity contribution is 6.32. The molecular formula is C24H23ClN2O2. The van der Waals surface area contributed by atoms with Crippen molar-refractivity contribution >= 4 is 22.6 Å². The van der Waals surface area contributed by atoms with Crippen molar-refractivity contribution < 1.29 is 9.47 Å². The predicted octanol–water partition coefficient (Wildman–Crippen LogP) is 6.22. The van der Waals surface area contributed by atoms with Gasteiger partial charge in [0, 0.05) is 12.1 Å². The zero-order valence-electron chi connectivity index (χ0n) is 16.3. The summed E-state index contributed by atoms with van der Waals surface area (Å²) in [4.78, 5) is 4.88. The Kier molecular flexibility index (Phi) is 6.01. The van der Waals surface area contributed by atoms with E-state index in [1.54, 1.807) is 7.11 Å². The minimum atomic E-state index is 0.630. The number of aromatic nitrogens is 2. The first-order chi connectivity index (χ1) is 14.3. The van der Waals surface area contributed by atoms with Crippen LogP contribution in [-0.4, -0.2) is 23.3 Å². The predicted molar refractivity (Wildman–Crippen MR) is 118 cm³/mol. The van der Waals surface area contributed by atoms with Crippen LogP contribution >= 0.6 is 11.6 Å². The van der Waals surface area contributed by atoms with Gasteiger partial charge in [0.2, 0.25) is 0 Å². The summed E-state index contributed by atoms with van der Waals surface area (Å²) in [6, 6.07) is 23.8. The molecule has 1 heterocycles. The maximum Gasteiger partial charge on any atom is 0.141 e. The van der Waals surface area contributed by atoms with E-state index in [1.165, 1.54) is 0 Å². The average molecular weight is 407 g/mol. The average Bonchev–Trinajstić information content (AvgIpc) is 3.13. The minimum absolute atomic E-state index is 0.630. The summed E-state index contributed by atoms with van der Waals surface area (Å²) < 4.78 is 13.5. The second-order valence-electron chi connectivity index (χ2n) is 6.79. The molecule has 3 aromatic carbocycles. The molecule has 4 aromatic rings. The SMILES string of the molecule is COc1cccc(-c2nc3ccccc3n2CCCCOc2ccccc2Cl)c1. The van der Waals surface area contributed by atoms with E-state index in [4.69, 9.17) is 26.1 Å². The van der Waals surface area contributed by atoms with Crippen molar-refractivity contribution in [3.63, 3.8) is 0 Å². The van der Waals surface area contributed by atoms with Crippen molar-refractivity contribution in [1.82, 2.24) is 9.55 Å². The van der Waals surface area contributed by atoms with Crippen LogP contribution in [0.5, 0.6) is 11.5 Å². The van der Waals surface area contributed by atoms with Gasteiger partial charge >= 0.3 is 0 Å². The Balaban J connectivity index is 1.49. The molecule has 0 saturated heterocycles. The highest BCUT2D eigenvalue weighted by Crippen LogP contribution is 2.28. The van der Waals surface area contributed by atoms with Gasteiger partial charge in [0.25, 0.3) is 0 Å². The van der Waals surface area contributed by atoms with Gasteiger partial charge in [0.15, 0.2) is 0 Å². The molecule has 148 valence electrons. The summed E-state index contributed by atoms with van der Waals surface area (Å²) in [5.41, 5.74) is 3.18. The molecule has 29 heavy (non-hydrogen) atoms. The summed E-state index contributed by atoms with van der Waals surface area (Å²) >= 11 is 6.15. The lowest BCUT2D eigenvalue weighted by atomic mass is 10.2. The summed E-state index contributed by atoms with van der Waals surface area (Å²) in [6.07, 6.45) is 1.90. The molecule has 0 N–H and O–H groups in total. The Bertz CT molecular complexity index is 1110. The number of ether oxygens (including phenoxy) is 2. The van der Waals surface area contributed by atoms with Gasteiger partial charge in [0.05, 0.1) is 29.8 Å². The molecule has 4 nitrogen and oxygen atoms in total. The van der Waals surface area contributed by atoms with Gasteiger partial charge in [-0.3, -0.25) is 0 Å². The third kappa shape index (κ3) is 4.38. The number of aryl methyl sites for hydroxylation is 1. The first-order valence-electron chi connectivity index (χ1n) is 9.73. The second-order valence-corrected chi connectivity index (χ2v) is 7.20. The van der Waals surface area contributed by atoms with Crippen LogP contribution in [0.1, 0.15) is 12.8 Å². The summed E-state index contributed by atoms with van der Waals surface area (Å²) in [5, 5.41) is 0.647. The van der Waals surface area contributed by atoms with Crippen LogP contribution in [0.3, 0.4) is 0 Å². The molecule has 0 spiro atoms. The van der Waals surface area contributed by atoms with Crippen LogP contribution in [0.2, 0.25) is 5.02 Å². The lowest BCUT2D eigenvalue weighted by Gasteiger charge is -2.11. The Labute approximate surface area is 175 Å². The number of unbranched alkanes of at least 4 members (excludes halogenated alkanes) is 1. The van der Waals surface area contributed by atoms with Gasteiger partial charge in [-0.05, 0) is 49.2 Å². The van der Waals surface area contributed by atoms with Gasteiger partial charge in [-0.15, -0.1) is 0 Å². The molecule has 5 heteroatoms. The first kappa shape index (κ1) is 19.3. The topological polar surface area (TPSA) is 36.3 Å². The van der Waals surface area contributed by atoms with Crippen LogP contribution < -0.4 is 9.47 Å². The van der Waals surface area contributed by atoms with Crippen LogP contribution in [0, 0.1) is 0 Å². The fourth-order valence-electron chi connectivity index (χ4n) is 3.40. The monoisotopic (exact) mass is 406 g/mol. The molecule has 1 aromatic heterocycles. The molecule has 0 aliphatic carbocycles. The van der Waals surface area contributed by atoms with Crippen molar-refractivity contribution in [1.29, 1.82) is 0 Å². The smallest absolute Gasteiger partial charge is 0.141 e. The maximum absolute atomic E-state index is 6.15. The third-order valence-electron chi connectivity index (χ3n) is 4.85. The maximum atomic E-state index is 6.15. The molecule has 0 saturated carbocycles. The van der Waals surface area contributed by atoms with Crippen molar-refractivity contribution in [2.75, 3.05) is 13.7 Å². The molecule has 0 unspecified atom stereocenters. The van der Waals surface area contributed by atoms with Crippen molar-refractivity contribution in [2.24, 2.45) is 0 Å². The molecule has 0 aliphatic rings. The van der Waals surface area contributed by atoms with Crippen molar-refractivity contribution in [2.45, 2.75) is 19.4 Å². The van der Waals surface area contributed by atoms with Crippen molar-refractivity contribution in [3.8, 4) is 22.9 Å². The largest absolute Gasteiger partial charge is 0.497 e. The number of methoxy groups -OCH3 is 1. The highest BCUT2D eigenvalue weighted by atomic mass is 35.5. The molecular weight excluding hydrogens is 384 g/mol. The fourth-order valence-corrected chi connectivity index (χ4v) is 3.59. The lowest BCUT2D eigenvalue weighted by molar-refractivity contribution is 0.304. The number of fused-ring (bicyclic) bond motifs is 1. The van der Waals surface area contributed by atoms with Crippen molar-refractivity contribution in [3.05, 3.63) is 77.8 Å². The minimum Gasteiger partial charge on any atom is -0.497 e. The molecule has 0 bridgehead atoms. The molecule has 0 amide bonds. The molecule has 0 atom stereocenters. The Morgan fingerprint density at radius 3 is 2.62 bits per heavy atom.